The second-order valence-electron chi connectivity index (χ2n) is 5.63. The summed E-state index contributed by atoms with van der Waals surface area (Å²) in [5.74, 6) is 0. The summed E-state index contributed by atoms with van der Waals surface area (Å²) in [4.78, 5) is 19.5. The highest BCUT2D eigenvalue weighted by atomic mass is 32.1. The fourth-order valence-corrected chi connectivity index (χ4v) is 3.04. The number of fused-ring (bicyclic) bond motifs is 1. The first-order chi connectivity index (χ1) is 10.1. The van der Waals surface area contributed by atoms with E-state index in [1.165, 1.54) is 12.8 Å². The fourth-order valence-electron chi connectivity index (χ4n) is 2.32. The van der Waals surface area contributed by atoms with E-state index in [1.807, 2.05) is 22.2 Å². The quantitative estimate of drug-likeness (QED) is 0.853. The number of hydrogen-bond acceptors (Lipinski definition) is 4. The van der Waals surface area contributed by atoms with Gasteiger partial charge in [0.1, 0.15) is 0 Å². The number of aromatic nitrogens is 2. The Morgan fingerprint density at radius 1 is 1.57 bits per heavy atom. The van der Waals surface area contributed by atoms with Crippen LogP contribution in [0.5, 0.6) is 0 Å². The molecule has 7 heteroatoms. The Morgan fingerprint density at radius 2 is 2.38 bits per heavy atom. The predicted molar refractivity (Wildman–Crippen MR) is 83.6 cm³/mol. The Bertz CT molecular complexity index is 589. The highest BCUT2D eigenvalue weighted by Crippen LogP contribution is 2.26. The lowest BCUT2D eigenvalue weighted by Crippen LogP contribution is -2.44. The number of imidazole rings is 1. The van der Waals surface area contributed by atoms with E-state index in [0.29, 0.717) is 25.2 Å². The maximum Gasteiger partial charge on any atom is 0.315 e. The highest BCUT2D eigenvalue weighted by Gasteiger charge is 2.29. The van der Waals surface area contributed by atoms with Crippen molar-refractivity contribution in [1.29, 1.82) is 0 Å². The molecule has 2 amide bonds. The number of likely N-dealkylation sites (N-methyl/N-ethyl adjacent to an activating group) is 1. The Balaban J connectivity index is 1.40. The Labute approximate surface area is 128 Å². The van der Waals surface area contributed by atoms with Crippen LogP contribution in [0.15, 0.2) is 17.8 Å². The van der Waals surface area contributed by atoms with Crippen LogP contribution in [-0.2, 0) is 6.54 Å². The fraction of sp³-hybridized carbons (Fsp3) is 0.571. The van der Waals surface area contributed by atoms with Crippen LogP contribution >= 0.6 is 11.3 Å². The van der Waals surface area contributed by atoms with Gasteiger partial charge in [-0.25, -0.2) is 9.78 Å². The van der Waals surface area contributed by atoms with Gasteiger partial charge in [-0.2, -0.15) is 0 Å². The Kier molecular flexibility index (Phi) is 4.12. The first-order valence-corrected chi connectivity index (χ1v) is 8.16. The number of nitrogens with one attached hydrogen (secondary N) is 2. The van der Waals surface area contributed by atoms with Crippen LogP contribution in [0.1, 0.15) is 25.5 Å². The van der Waals surface area contributed by atoms with Gasteiger partial charge in [0.2, 0.25) is 0 Å². The zero-order valence-electron chi connectivity index (χ0n) is 12.4. The second-order valence-corrected chi connectivity index (χ2v) is 6.51. The van der Waals surface area contributed by atoms with Gasteiger partial charge in [-0.05, 0) is 26.8 Å². The van der Waals surface area contributed by atoms with Crippen LogP contribution in [0, 0.1) is 0 Å². The molecule has 1 aliphatic carbocycles. The number of amides is 2. The summed E-state index contributed by atoms with van der Waals surface area (Å²) in [6.45, 7) is 3.26. The van der Waals surface area contributed by atoms with Gasteiger partial charge in [-0.15, -0.1) is 11.3 Å². The third kappa shape index (κ3) is 3.54. The molecular formula is C14H21N5OS. The summed E-state index contributed by atoms with van der Waals surface area (Å²) < 4.78 is 1.96. The lowest BCUT2D eigenvalue weighted by Gasteiger charge is -2.24. The van der Waals surface area contributed by atoms with Crippen LogP contribution in [0.3, 0.4) is 0 Å². The minimum Gasteiger partial charge on any atom is -0.337 e. The van der Waals surface area contributed by atoms with Gasteiger partial charge in [-0.1, -0.05) is 0 Å². The van der Waals surface area contributed by atoms with Crippen LogP contribution in [0.25, 0.3) is 4.96 Å². The van der Waals surface area contributed by atoms with Crippen molar-refractivity contribution in [1.82, 2.24) is 24.9 Å². The number of nitrogens with zero attached hydrogens (tertiary/aromatic N) is 3. The maximum absolute atomic E-state index is 11.8. The second kappa shape index (κ2) is 6.03. The zero-order valence-corrected chi connectivity index (χ0v) is 13.2. The number of urea groups is 1. The number of carbonyl (C=O) groups excluding carboxylic acids is 1. The third-order valence-electron chi connectivity index (χ3n) is 3.95. The molecule has 0 radical (unpaired) electrons. The summed E-state index contributed by atoms with van der Waals surface area (Å²) in [6, 6.07) is 0.937. The van der Waals surface area contributed by atoms with Crippen molar-refractivity contribution in [3.05, 3.63) is 23.5 Å². The summed E-state index contributed by atoms with van der Waals surface area (Å²) in [5, 5.41) is 7.76. The molecule has 0 unspecified atom stereocenters. The van der Waals surface area contributed by atoms with Gasteiger partial charge in [0.25, 0.3) is 0 Å². The van der Waals surface area contributed by atoms with Crippen molar-refractivity contribution in [2.75, 3.05) is 13.6 Å². The molecule has 0 aromatic carbocycles. The molecule has 0 aliphatic heterocycles. The van der Waals surface area contributed by atoms with Gasteiger partial charge in [0.15, 0.2) is 4.96 Å². The summed E-state index contributed by atoms with van der Waals surface area (Å²) in [5.41, 5.74) is 0.875. The van der Waals surface area contributed by atoms with E-state index in [4.69, 9.17) is 0 Å². The molecule has 0 saturated heterocycles. The first-order valence-electron chi connectivity index (χ1n) is 7.28. The van der Waals surface area contributed by atoms with E-state index in [9.17, 15) is 4.79 Å². The highest BCUT2D eigenvalue weighted by molar-refractivity contribution is 7.15. The molecule has 2 aromatic rings. The van der Waals surface area contributed by atoms with Gasteiger partial charge < -0.3 is 10.6 Å². The standard InChI is InChI=1S/C14H21N5OS/c1-10(18(2)12-3-4-12)7-15-13(20)16-8-11-9-19-5-6-21-14(19)17-11/h5-6,9-10,12H,3-4,7-8H2,1-2H3,(H2,15,16,20)/t10-/m0/s1. The topological polar surface area (TPSA) is 61.7 Å². The molecule has 3 rings (SSSR count). The molecule has 1 fully saturated rings. The lowest BCUT2D eigenvalue weighted by molar-refractivity contribution is 0.222. The summed E-state index contributed by atoms with van der Waals surface area (Å²) in [6.07, 6.45) is 6.47. The van der Waals surface area contributed by atoms with Crippen LogP contribution < -0.4 is 10.6 Å². The van der Waals surface area contributed by atoms with Crippen molar-refractivity contribution >= 4 is 22.3 Å². The average Bonchev–Trinajstić information content (AvgIpc) is 3.11. The average molecular weight is 307 g/mol. The molecule has 1 aliphatic rings. The van der Waals surface area contributed by atoms with E-state index in [2.05, 4.69) is 34.5 Å². The van der Waals surface area contributed by atoms with E-state index in [1.54, 1.807) is 11.3 Å². The molecule has 6 nitrogen and oxygen atoms in total. The van der Waals surface area contributed by atoms with Crippen molar-refractivity contribution in [3.63, 3.8) is 0 Å². The van der Waals surface area contributed by atoms with Crippen molar-refractivity contribution < 1.29 is 4.79 Å². The number of thiazole rings is 1. The van der Waals surface area contributed by atoms with Crippen molar-refractivity contribution in [2.24, 2.45) is 0 Å². The molecule has 114 valence electrons. The van der Waals surface area contributed by atoms with Crippen molar-refractivity contribution in [3.8, 4) is 0 Å². The maximum atomic E-state index is 11.8. The normalized spacial score (nSPS) is 16.3. The van der Waals surface area contributed by atoms with Crippen LogP contribution in [0.2, 0.25) is 0 Å². The molecule has 1 atom stereocenters. The third-order valence-corrected chi connectivity index (χ3v) is 4.72. The first kappa shape index (κ1) is 14.3. The smallest absolute Gasteiger partial charge is 0.315 e. The van der Waals surface area contributed by atoms with Crippen LogP contribution in [-0.4, -0.2) is 46.0 Å². The monoisotopic (exact) mass is 307 g/mol. The molecule has 1 saturated carbocycles. The van der Waals surface area contributed by atoms with E-state index in [0.717, 1.165) is 10.7 Å². The molecular weight excluding hydrogens is 286 g/mol. The molecule has 2 heterocycles. The molecule has 0 bridgehead atoms. The van der Waals surface area contributed by atoms with Gasteiger partial charge in [0.05, 0.1) is 12.2 Å². The number of hydrogen-bond donors (Lipinski definition) is 2. The zero-order chi connectivity index (χ0) is 14.8. The minimum atomic E-state index is -0.137. The number of carbonyl (C=O) groups is 1. The lowest BCUT2D eigenvalue weighted by atomic mass is 10.3. The largest absolute Gasteiger partial charge is 0.337 e. The van der Waals surface area contributed by atoms with Crippen molar-refractivity contribution in [2.45, 2.75) is 38.4 Å². The minimum absolute atomic E-state index is 0.137. The van der Waals surface area contributed by atoms with E-state index < -0.39 is 0 Å². The predicted octanol–water partition coefficient (Wildman–Crippen LogP) is 1.68. The molecule has 2 N–H and O–H groups in total. The Morgan fingerprint density at radius 3 is 3.10 bits per heavy atom. The molecule has 2 aromatic heterocycles. The summed E-state index contributed by atoms with van der Waals surface area (Å²) in [7, 11) is 2.12. The van der Waals surface area contributed by atoms with E-state index in [-0.39, 0.29) is 6.03 Å². The molecule has 0 spiro atoms. The van der Waals surface area contributed by atoms with Crippen LogP contribution in [0.4, 0.5) is 4.79 Å². The van der Waals surface area contributed by atoms with Gasteiger partial charge in [0, 0.05) is 36.4 Å². The van der Waals surface area contributed by atoms with Gasteiger partial charge >= 0.3 is 6.03 Å². The SMILES string of the molecule is C[C@@H](CNC(=O)NCc1cn2ccsc2n1)N(C)C1CC1. The van der Waals surface area contributed by atoms with Gasteiger partial charge in [-0.3, -0.25) is 9.30 Å². The number of rotatable bonds is 6. The summed E-state index contributed by atoms with van der Waals surface area (Å²) >= 11 is 1.59. The van der Waals surface area contributed by atoms with E-state index >= 15 is 0 Å². The Hall–Kier alpha value is -1.60. The molecule has 21 heavy (non-hydrogen) atoms.